The molecule has 1 aliphatic carbocycles. The summed E-state index contributed by atoms with van der Waals surface area (Å²) in [7, 11) is 0. The summed E-state index contributed by atoms with van der Waals surface area (Å²) in [4.78, 5) is 20.4. The summed E-state index contributed by atoms with van der Waals surface area (Å²) in [6.07, 6.45) is 3.95. The van der Waals surface area contributed by atoms with Crippen LogP contribution in [0.3, 0.4) is 0 Å². The Bertz CT molecular complexity index is 643. The Kier molecular flexibility index (Phi) is 3.91. The van der Waals surface area contributed by atoms with Crippen LogP contribution in [-0.4, -0.2) is 21.4 Å². The van der Waals surface area contributed by atoms with Crippen LogP contribution in [0.1, 0.15) is 51.4 Å². The third-order valence-corrected chi connectivity index (χ3v) is 4.75. The first kappa shape index (κ1) is 15.0. The van der Waals surface area contributed by atoms with Gasteiger partial charge in [0.2, 0.25) is 5.91 Å². The lowest BCUT2D eigenvalue weighted by Crippen LogP contribution is -2.53. The molecule has 5 heteroatoms. The van der Waals surface area contributed by atoms with Crippen molar-refractivity contribution in [2.24, 2.45) is 11.7 Å². The van der Waals surface area contributed by atoms with Crippen LogP contribution in [0.25, 0.3) is 11.0 Å². The summed E-state index contributed by atoms with van der Waals surface area (Å²) < 4.78 is 0. The van der Waals surface area contributed by atoms with Crippen LogP contribution in [-0.2, 0) is 4.79 Å². The molecular formula is C17H24N4O. The van der Waals surface area contributed by atoms with Gasteiger partial charge in [0.25, 0.3) is 0 Å². The van der Waals surface area contributed by atoms with Gasteiger partial charge in [0, 0.05) is 5.54 Å². The lowest BCUT2D eigenvalue weighted by atomic mass is 9.74. The number of H-pyrrole nitrogens is 1. The first-order chi connectivity index (χ1) is 10.5. The van der Waals surface area contributed by atoms with E-state index in [0.717, 1.165) is 42.5 Å². The van der Waals surface area contributed by atoms with Crippen molar-refractivity contribution in [3.05, 3.63) is 30.1 Å². The number of hydrogen-bond acceptors (Lipinski definition) is 3. The van der Waals surface area contributed by atoms with Crippen molar-refractivity contribution in [1.82, 2.24) is 15.3 Å². The van der Waals surface area contributed by atoms with Crippen molar-refractivity contribution in [1.29, 1.82) is 0 Å². The van der Waals surface area contributed by atoms with Gasteiger partial charge in [0.1, 0.15) is 5.82 Å². The Hall–Kier alpha value is -1.88. The van der Waals surface area contributed by atoms with Crippen molar-refractivity contribution < 1.29 is 4.79 Å². The van der Waals surface area contributed by atoms with Crippen LogP contribution in [0.15, 0.2) is 24.3 Å². The SMILES string of the molecule is CC(NC(=O)C1CCCCC1(C)N)c1nc2ccccc2[nH]1. The Labute approximate surface area is 130 Å². The molecule has 1 fully saturated rings. The largest absolute Gasteiger partial charge is 0.346 e. The number of carbonyl (C=O) groups is 1. The van der Waals surface area contributed by atoms with Crippen LogP contribution in [0.2, 0.25) is 0 Å². The molecule has 0 bridgehead atoms. The molecule has 1 heterocycles. The fourth-order valence-corrected chi connectivity index (χ4v) is 3.35. The lowest BCUT2D eigenvalue weighted by molar-refractivity contribution is -0.128. The number of aromatic nitrogens is 2. The van der Waals surface area contributed by atoms with Crippen molar-refractivity contribution in [3.8, 4) is 0 Å². The first-order valence-electron chi connectivity index (χ1n) is 8.01. The fraction of sp³-hybridized carbons (Fsp3) is 0.529. The van der Waals surface area contributed by atoms with Gasteiger partial charge < -0.3 is 16.0 Å². The topological polar surface area (TPSA) is 83.8 Å². The number of nitrogens with two attached hydrogens (primary N) is 1. The molecular weight excluding hydrogens is 276 g/mol. The Morgan fingerprint density at radius 3 is 2.95 bits per heavy atom. The van der Waals surface area contributed by atoms with Gasteiger partial charge in [-0.2, -0.15) is 0 Å². The first-order valence-corrected chi connectivity index (χ1v) is 8.01. The molecule has 5 nitrogen and oxygen atoms in total. The summed E-state index contributed by atoms with van der Waals surface area (Å²) in [5, 5.41) is 3.07. The number of hydrogen-bond donors (Lipinski definition) is 3. The number of benzene rings is 1. The summed E-state index contributed by atoms with van der Waals surface area (Å²) in [5.41, 5.74) is 7.81. The molecule has 3 unspecified atom stereocenters. The van der Waals surface area contributed by atoms with Crippen molar-refractivity contribution in [2.75, 3.05) is 0 Å². The minimum Gasteiger partial charge on any atom is -0.346 e. The smallest absolute Gasteiger partial charge is 0.225 e. The maximum absolute atomic E-state index is 12.6. The maximum atomic E-state index is 12.6. The van der Waals surface area contributed by atoms with Crippen LogP contribution < -0.4 is 11.1 Å². The molecule has 1 aromatic carbocycles. The molecule has 0 saturated heterocycles. The van der Waals surface area contributed by atoms with Crippen molar-refractivity contribution >= 4 is 16.9 Å². The van der Waals surface area contributed by atoms with E-state index in [1.807, 2.05) is 38.1 Å². The number of aromatic amines is 1. The molecule has 1 amide bonds. The summed E-state index contributed by atoms with van der Waals surface area (Å²) in [5.74, 6) is 0.704. The standard InChI is InChI=1S/C17H24N4O/c1-11(15-20-13-8-3-4-9-14(13)21-15)19-16(22)12-7-5-6-10-17(12,2)18/h3-4,8-9,11-12H,5-7,10,18H2,1-2H3,(H,19,22)(H,20,21). The predicted octanol–water partition coefficient (Wildman–Crippen LogP) is 2.65. The Morgan fingerprint density at radius 1 is 1.45 bits per heavy atom. The van der Waals surface area contributed by atoms with Gasteiger partial charge in [0.05, 0.1) is 23.0 Å². The third-order valence-electron chi connectivity index (χ3n) is 4.75. The summed E-state index contributed by atoms with van der Waals surface area (Å²) >= 11 is 0. The highest BCUT2D eigenvalue weighted by Gasteiger charge is 2.38. The number of para-hydroxylation sites is 2. The fourth-order valence-electron chi connectivity index (χ4n) is 3.35. The van der Waals surface area contributed by atoms with E-state index in [1.54, 1.807) is 0 Å². The zero-order chi connectivity index (χ0) is 15.7. The number of fused-ring (bicyclic) bond motifs is 1. The molecule has 3 rings (SSSR count). The average Bonchev–Trinajstić information content (AvgIpc) is 2.90. The number of nitrogens with zero attached hydrogens (tertiary/aromatic N) is 1. The lowest BCUT2D eigenvalue weighted by Gasteiger charge is -2.37. The van der Waals surface area contributed by atoms with Crippen molar-refractivity contribution in [3.63, 3.8) is 0 Å². The van der Waals surface area contributed by atoms with Crippen LogP contribution in [0, 0.1) is 5.92 Å². The molecule has 0 radical (unpaired) electrons. The van der Waals surface area contributed by atoms with E-state index in [4.69, 9.17) is 5.73 Å². The van der Waals surface area contributed by atoms with E-state index in [0.29, 0.717) is 0 Å². The van der Waals surface area contributed by atoms with E-state index in [9.17, 15) is 4.79 Å². The molecule has 118 valence electrons. The van der Waals surface area contributed by atoms with E-state index in [2.05, 4.69) is 15.3 Å². The second kappa shape index (κ2) is 5.72. The van der Waals surface area contributed by atoms with E-state index in [-0.39, 0.29) is 17.9 Å². The van der Waals surface area contributed by atoms with Gasteiger partial charge in [-0.15, -0.1) is 0 Å². The number of rotatable bonds is 3. The average molecular weight is 300 g/mol. The summed E-state index contributed by atoms with van der Waals surface area (Å²) in [6.45, 7) is 3.94. The molecule has 0 aliphatic heterocycles. The monoisotopic (exact) mass is 300 g/mol. The molecule has 1 aromatic heterocycles. The molecule has 4 N–H and O–H groups in total. The molecule has 22 heavy (non-hydrogen) atoms. The van der Waals surface area contributed by atoms with Crippen molar-refractivity contribution in [2.45, 2.75) is 51.1 Å². The second-order valence-corrected chi connectivity index (χ2v) is 6.67. The van der Waals surface area contributed by atoms with E-state index < -0.39 is 5.54 Å². The van der Waals surface area contributed by atoms with Crippen LogP contribution >= 0.6 is 0 Å². The zero-order valence-electron chi connectivity index (χ0n) is 13.2. The molecule has 0 spiro atoms. The minimum atomic E-state index is -0.407. The normalized spacial score (nSPS) is 26.8. The molecule has 3 atom stereocenters. The summed E-state index contributed by atoms with van der Waals surface area (Å²) in [6, 6.07) is 7.71. The number of carbonyl (C=O) groups excluding carboxylic acids is 1. The van der Waals surface area contributed by atoms with Gasteiger partial charge in [-0.1, -0.05) is 25.0 Å². The van der Waals surface area contributed by atoms with Gasteiger partial charge >= 0.3 is 0 Å². The van der Waals surface area contributed by atoms with Gasteiger partial charge in [0.15, 0.2) is 0 Å². The van der Waals surface area contributed by atoms with Gasteiger partial charge in [-0.25, -0.2) is 4.98 Å². The predicted molar refractivity (Wildman–Crippen MR) is 87.2 cm³/mol. The Balaban J connectivity index is 1.73. The van der Waals surface area contributed by atoms with Crippen LogP contribution in [0.5, 0.6) is 0 Å². The number of imidazole rings is 1. The molecule has 1 saturated carbocycles. The highest BCUT2D eigenvalue weighted by Crippen LogP contribution is 2.32. The number of nitrogens with one attached hydrogen (secondary N) is 2. The quantitative estimate of drug-likeness (QED) is 0.814. The van der Waals surface area contributed by atoms with Crippen LogP contribution in [0.4, 0.5) is 0 Å². The van der Waals surface area contributed by atoms with E-state index >= 15 is 0 Å². The highest BCUT2D eigenvalue weighted by atomic mass is 16.2. The Morgan fingerprint density at radius 2 is 2.23 bits per heavy atom. The third kappa shape index (κ3) is 2.86. The maximum Gasteiger partial charge on any atom is 0.225 e. The minimum absolute atomic E-state index is 0.0395. The number of amides is 1. The zero-order valence-corrected chi connectivity index (χ0v) is 13.2. The highest BCUT2D eigenvalue weighted by molar-refractivity contribution is 5.81. The van der Waals surface area contributed by atoms with Gasteiger partial charge in [-0.3, -0.25) is 4.79 Å². The molecule has 2 aromatic rings. The van der Waals surface area contributed by atoms with Gasteiger partial charge in [-0.05, 0) is 38.8 Å². The van der Waals surface area contributed by atoms with E-state index in [1.165, 1.54) is 0 Å². The molecule has 1 aliphatic rings. The second-order valence-electron chi connectivity index (χ2n) is 6.67.